The van der Waals surface area contributed by atoms with Crippen LogP contribution in [0.5, 0.6) is 0 Å². The van der Waals surface area contributed by atoms with Gasteiger partial charge in [-0.2, -0.15) is 18.3 Å². The number of aliphatic hydroxyl groups excluding tert-OH is 1. The van der Waals surface area contributed by atoms with Crippen molar-refractivity contribution in [2.45, 2.75) is 83.8 Å². The number of benzene rings is 2. The Balaban J connectivity index is 1.68. The highest BCUT2D eigenvalue weighted by Gasteiger charge is 2.30. The van der Waals surface area contributed by atoms with E-state index in [1.54, 1.807) is 18.0 Å². The molecule has 0 fully saturated rings. The molecule has 11 heteroatoms. The van der Waals surface area contributed by atoms with E-state index in [1.165, 1.54) is 23.2 Å². The third-order valence-corrected chi connectivity index (χ3v) is 7.49. The minimum atomic E-state index is -4.44. The summed E-state index contributed by atoms with van der Waals surface area (Å²) >= 11 is 0. The second-order valence-corrected chi connectivity index (χ2v) is 11.0. The third-order valence-electron chi connectivity index (χ3n) is 7.49. The van der Waals surface area contributed by atoms with E-state index in [0.717, 1.165) is 43.4 Å². The maximum atomic E-state index is 13.4. The van der Waals surface area contributed by atoms with Gasteiger partial charge in [0.1, 0.15) is 5.69 Å². The van der Waals surface area contributed by atoms with Crippen LogP contribution >= 0.6 is 0 Å². The van der Waals surface area contributed by atoms with Crippen LogP contribution in [0.1, 0.15) is 83.6 Å². The van der Waals surface area contributed by atoms with Gasteiger partial charge < -0.3 is 20.6 Å². The Morgan fingerprint density at radius 1 is 0.977 bits per heavy atom. The Hall–Kier alpha value is -3.70. The minimum Gasteiger partial charge on any atom is -0.390 e. The molecule has 0 saturated carbocycles. The second-order valence-electron chi connectivity index (χ2n) is 11.0. The molecule has 0 spiro atoms. The van der Waals surface area contributed by atoms with E-state index in [-0.39, 0.29) is 24.7 Å². The first-order valence-electron chi connectivity index (χ1n) is 15.3. The lowest BCUT2D eigenvalue weighted by Crippen LogP contribution is -2.48. The largest absolute Gasteiger partial charge is 0.416 e. The number of carbonyl (C=O) groups excluding carboxylic acids is 2. The van der Waals surface area contributed by atoms with Gasteiger partial charge in [0.15, 0.2) is 5.69 Å². The van der Waals surface area contributed by atoms with Crippen molar-refractivity contribution in [3.05, 3.63) is 88.7 Å². The molecule has 240 valence electrons. The second kappa shape index (κ2) is 17.0. The van der Waals surface area contributed by atoms with Crippen molar-refractivity contribution in [1.82, 2.24) is 25.3 Å². The predicted octanol–water partition coefficient (Wildman–Crippen LogP) is 5.46. The summed E-state index contributed by atoms with van der Waals surface area (Å²) in [6, 6.07) is 15.1. The highest BCUT2D eigenvalue weighted by atomic mass is 19.4. The van der Waals surface area contributed by atoms with Gasteiger partial charge in [-0.15, -0.1) is 0 Å². The Kier molecular flexibility index (Phi) is 13.4. The Morgan fingerprint density at radius 3 is 2.36 bits per heavy atom. The number of amides is 2. The van der Waals surface area contributed by atoms with Gasteiger partial charge in [-0.1, -0.05) is 81.1 Å². The molecule has 0 aliphatic carbocycles. The molecule has 0 aliphatic rings. The summed E-state index contributed by atoms with van der Waals surface area (Å²) in [6.07, 6.45) is 0.187. The van der Waals surface area contributed by atoms with Crippen LogP contribution in [0.15, 0.2) is 60.7 Å². The average Bonchev–Trinajstić information content (AvgIpc) is 3.45. The van der Waals surface area contributed by atoms with Crippen LogP contribution < -0.4 is 10.6 Å². The van der Waals surface area contributed by atoms with Crippen molar-refractivity contribution in [1.29, 1.82) is 0 Å². The molecule has 0 bridgehead atoms. The molecular formula is C33H44F3N5O3. The van der Waals surface area contributed by atoms with Crippen molar-refractivity contribution < 1.29 is 27.9 Å². The number of halogens is 3. The molecule has 2 aromatic carbocycles. The van der Waals surface area contributed by atoms with Crippen molar-refractivity contribution in [3.8, 4) is 0 Å². The monoisotopic (exact) mass is 615 g/mol. The highest BCUT2D eigenvalue weighted by molar-refractivity contribution is 5.98. The van der Waals surface area contributed by atoms with Crippen molar-refractivity contribution >= 4 is 11.8 Å². The fourth-order valence-electron chi connectivity index (χ4n) is 4.95. The van der Waals surface area contributed by atoms with Gasteiger partial charge >= 0.3 is 6.18 Å². The number of hydrogen-bond acceptors (Lipinski definition) is 5. The molecule has 44 heavy (non-hydrogen) atoms. The van der Waals surface area contributed by atoms with Crippen LogP contribution in [0.4, 0.5) is 13.2 Å². The van der Waals surface area contributed by atoms with E-state index in [2.05, 4.69) is 22.7 Å². The SMILES string of the molecule is CCCCCCCN(C)C(=O)c1cc(C(=O)N[C@@H](Cc2ccccc2)[C@H](O)CNCc2cccc(C(F)(F)F)c2)nn1CC. The number of aliphatic hydroxyl groups is 1. The van der Waals surface area contributed by atoms with Crippen molar-refractivity contribution in [2.75, 3.05) is 20.1 Å². The quantitative estimate of drug-likeness (QED) is 0.175. The summed E-state index contributed by atoms with van der Waals surface area (Å²) in [7, 11) is 1.74. The third kappa shape index (κ3) is 10.5. The molecule has 3 N–H and O–H groups in total. The lowest BCUT2D eigenvalue weighted by atomic mass is 10.0. The molecule has 2 atom stereocenters. The zero-order valence-electron chi connectivity index (χ0n) is 25.7. The number of nitrogens with zero attached hydrogens (tertiary/aromatic N) is 3. The number of carbonyl (C=O) groups is 2. The van der Waals surface area contributed by atoms with Gasteiger partial charge in [0.25, 0.3) is 11.8 Å². The number of hydrogen-bond donors (Lipinski definition) is 3. The number of nitrogens with one attached hydrogen (secondary N) is 2. The predicted molar refractivity (Wildman–Crippen MR) is 164 cm³/mol. The van der Waals surface area contributed by atoms with E-state index >= 15 is 0 Å². The zero-order chi connectivity index (χ0) is 32.1. The summed E-state index contributed by atoms with van der Waals surface area (Å²) in [4.78, 5) is 28.2. The molecule has 1 aromatic heterocycles. The van der Waals surface area contributed by atoms with E-state index in [4.69, 9.17) is 0 Å². The molecule has 2 amide bonds. The van der Waals surface area contributed by atoms with Gasteiger partial charge in [0.05, 0.1) is 17.7 Å². The molecule has 0 saturated heterocycles. The normalized spacial score (nSPS) is 13.0. The summed E-state index contributed by atoms with van der Waals surface area (Å²) in [6.45, 7) is 5.12. The Labute approximate surface area is 257 Å². The Bertz CT molecular complexity index is 1330. The zero-order valence-corrected chi connectivity index (χ0v) is 25.7. The topological polar surface area (TPSA) is 99.5 Å². The van der Waals surface area contributed by atoms with Gasteiger partial charge in [-0.05, 0) is 37.0 Å². The summed E-state index contributed by atoms with van der Waals surface area (Å²) in [5.74, 6) is -0.750. The van der Waals surface area contributed by atoms with Crippen molar-refractivity contribution in [3.63, 3.8) is 0 Å². The first-order chi connectivity index (χ1) is 21.0. The van der Waals surface area contributed by atoms with Crippen LogP contribution in [0.2, 0.25) is 0 Å². The van der Waals surface area contributed by atoms with Gasteiger partial charge in [-0.25, -0.2) is 0 Å². The van der Waals surface area contributed by atoms with E-state index in [9.17, 15) is 27.9 Å². The lowest BCUT2D eigenvalue weighted by molar-refractivity contribution is -0.137. The number of unbranched alkanes of at least 4 members (excludes halogenated alkanes) is 4. The first-order valence-corrected chi connectivity index (χ1v) is 15.3. The molecule has 8 nitrogen and oxygen atoms in total. The number of aryl methyl sites for hydroxylation is 1. The van der Waals surface area contributed by atoms with Gasteiger partial charge in [0.2, 0.25) is 0 Å². The van der Waals surface area contributed by atoms with Crippen molar-refractivity contribution in [2.24, 2.45) is 0 Å². The molecule has 0 radical (unpaired) electrons. The number of rotatable bonds is 17. The fraction of sp³-hybridized carbons (Fsp3) is 0.485. The van der Waals surface area contributed by atoms with Crippen LogP contribution in [-0.4, -0.2) is 63.9 Å². The summed E-state index contributed by atoms with van der Waals surface area (Å²) in [5.41, 5.74) is 0.939. The lowest BCUT2D eigenvalue weighted by Gasteiger charge is -2.24. The smallest absolute Gasteiger partial charge is 0.390 e. The molecule has 3 aromatic rings. The summed E-state index contributed by atoms with van der Waals surface area (Å²) in [5, 5.41) is 21.3. The van der Waals surface area contributed by atoms with E-state index in [0.29, 0.717) is 30.8 Å². The molecule has 3 rings (SSSR count). The van der Waals surface area contributed by atoms with Crippen LogP contribution in [0.3, 0.4) is 0 Å². The van der Waals surface area contributed by atoms with Gasteiger partial charge in [0, 0.05) is 39.3 Å². The Morgan fingerprint density at radius 2 is 1.68 bits per heavy atom. The standard InChI is InChI=1S/C33H44F3N5O3/c1-4-6-7-8-12-18-40(3)32(44)29-21-28(39-41(29)5-2)31(43)38-27(20-24-14-10-9-11-15-24)30(42)23-37-22-25-16-13-17-26(19-25)33(34,35)36/h9-11,13-17,19,21,27,30,37,42H,4-8,12,18,20,22-23H2,1-3H3,(H,38,43)/t27-,30+/m0/s1. The van der Waals surface area contributed by atoms with Gasteiger partial charge in [-0.3, -0.25) is 14.3 Å². The van der Waals surface area contributed by atoms with E-state index in [1.807, 2.05) is 37.3 Å². The average molecular weight is 616 g/mol. The maximum Gasteiger partial charge on any atom is 0.416 e. The van der Waals surface area contributed by atoms with Crippen LogP contribution in [0.25, 0.3) is 0 Å². The van der Waals surface area contributed by atoms with E-state index < -0.39 is 29.8 Å². The first kappa shape index (κ1) is 34.8. The fourth-order valence-corrected chi connectivity index (χ4v) is 4.95. The summed E-state index contributed by atoms with van der Waals surface area (Å²) < 4.78 is 40.8. The molecule has 0 unspecified atom stereocenters. The highest BCUT2D eigenvalue weighted by Crippen LogP contribution is 2.29. The number of aromatic nitrogens is 2. The molecule has 0 aliphatic heterocycles. The van der Waals surface area contributed by atoms with Crippen LogP contribution in [-0.2, 0) is 25.7 Å². The molecule has 1 heterocycles. The maximum absolute atomic E-state index is 13.4. The minimum absolute atomic E-state index is 0.0181. The number of alkyl halides is 3. The molecular weight excluding hydrogens is 571 g/mol. The van der Waals surface area contributed by atoms with Crippen LogP contribution in [0, 0.1) is 0 Å².